The van der Waals surface area contributed by atoms with Gasteiger partial charge in [0.1, 0.15) is 0 Å². The summed E-state index contributed by atoms with van der Waals surface area (Å²) in [6.07, 6.45) is 12.8. The third-order valence-corrected chi connectivity index (χ3v) is 6.80. The summed E-state index contributed by atoms with van der Waals surface area (Å²) < 4.78 is 2.32. The fraction of sp³-hybridized carbons (Fsp3) is 0.231. The van der Waals surface area contributed by atoms with Crippen LogP contribution in [0.25, 0.3) is 6.08 Å². The van der Waals surface area contributed by atoms with Crippen molar-refractivity contribution in [3.05, 3.63) is 89.6 Å². The van der Waals surface area contributed by atoms with Crippen molar-refractivity contribution in [3.8, 4) is 0 Å². The second kappa shape index (κ2) is 8.98. The van der Waals surface area contributed by atoms with Gasteiger partial charge in [-0.05, 0) is 66.6 Å². The van der Waals surface area contributed by atoms with Gasteiger partial charge in [0.25, 0.3) is 5.91 Å². The molecular formula is C26H25N3OS. The van der Waals surface area contributed by atoms with Crippen molar-refractivity contribution in [2.24, 2.45) is 4.99 Å². The maximum absolute atomic E-state index is 13.4. The average Bonchev–Trinajstić information content (AvgIpc) is 3.40. The molecule has 5 heteroatoms. The van der Waals surface area contributed by atoms with Crippen LogP contribution in [0.1, 0.15) is 43.7 Å². The molecule has 2 fully saturated rings. The van der Waals surface area contributed by atoms with Crippen LogP contribution in [0.4, 0.5) is 11.4 Å². The molecule has 0 unspecified atom stereocenters. The molecule has 2 aromatic carbocycles. The Hall–Kier alpha value is -3.05. The number of nitrogens with zero attached hydrogens (tertiary/aromatic N) is 3. The lowest BCUT2D eigenvalue weighted by Gasteiger charge is -2.23. The smallest absolute Gasteiger partial charge is 0.271 e. The Morgan fingerprint density at radius 2 is 1.61 bits per heavy atom. The number of amidine groups is 1. The van der Waals surface area contributed by atoms with Crippen LogP contribution in [0.2, 0.25) is 0 Å². The van der Waals surface area contributed by atoms with Gasteiger partial charge >= 0.3 is 0 Å². The van der Waals surface area contributed by atoms with Crippen LogP contribution in [0, 0.1) is 0 Å². The molecule has 0 spiro atoms. The van der Waals surface area contributed by atoms with Crippen molar-refractivity contribution < 1.29 is 4.79 Å². The monoisotopic (exact) mass is 427 g/mol. The Bertz CT molecular complexity index is 1110. The summed E-state index contributed by atoms with van der Waals surface area (Å²) in [6, 6.07) is 22.2. The van der Waals surface area contributed by atoms with E-state index in [2.05, 4.69) is 23.0 Å². The maximum atomic E-state index is 13.4. The van der Waals surface area contributed by atoms with Gasteiger partial charge < -0.3 is 4.57 Å². The van der Waals surface area contributed by atoms with Crippen molar-refractivity contribution in [2.45, 2.75) is 38.1 Å². The first-order chi connectivity index (χ1) is 15.3. The number of hydrogen-bond acceptors (Lipinski definition) is 3. The number of carbonyl (C=O) groups is 1. The molecule has 1 aromatic heterocycles. The van der Waals surface area contributed by atoms with E-state index < -0.39 is 0 Å². The minimum atomic E-state index is -0.0312. The minimum Gasteiger partial charge on any atom is -0.351 e. The minimum absolute atomic E-state index is 0.0312. The summed E-state index contributed by atoms with van der Waals surface area (Å²) in [6.45, 7) is 0. The first-order valence-corrected chi connectivity index (χ1v) is 11.7. The molecule has 1 aliphatic heterocycles. The molecular weight excluding hydrogens is 402 g/mol. The van der Waals surface area contributed by atoms with Gasteiger partial charge in [0.05, 0.1) is 16.3 Å². The lowest BCUT2D eigenvalue weighted by atomic mass is 9.95. The van der Waals surface area contributed by atoms with Crippen LogP contribution in [0.15, 0.2) is 89.0 Å². The van der Waals surface area contributed by atoms with Crippen LogP contribution < -0.4 is 4.90 Å². The number of carbonyl (C=O) groups excluding carboxylic acids is 1. The molecule has 5 rings (SSSR count). The van der Waals surface area contributed by atoms with Gasteiger partial charge in [-0.15, -0.1) is 0 Å². The maximum Gasteiger partial charge on any atom is 0.271 e. The van der Waals surface area contributed by atoms with E-state index >= 15 is 0 Å². The van der Waals surface area contributed by atoms with Crippen LogP contribution in [-0.2, 0) is 4.79 Å². The molecule has 1 aliphatic carbocycles. The van der Waals surface area contributed by atoms with Gasteiger partial charge in [0.2, 0.25) is 0 Å². The van der Waals surface area contributed by atoms with Gasteiger partial charge in [-0.25, -0.2) is 4.99 Å². The van der Waals surface area contributed by atoms with Gasteiger partial charge in [-0.1, -0.05) is 55.7 Å². The predicted octanol–water partition coefficient (Wildman–Crippen LogP) is 6.80. The second-order valence-electron chi connectivity index (χ2n) is 8.00. The molecule has 3 aromatic rings. The molecule has 0 radical (unpaired) electrons. The summed E-state index contributed by atoms with van der Waals surface area (Å²) in [5, 5.41) is 0.681. The number of thioether (sulfide) groups is 1. The molecule has 1 saturated heterocycles. The summed E-state index contributed by atoms with van der Waals surface area (Å²) in [5.41, 5.74) is 2.73. The van der Waals surface area contributed by atoms with Gasteiger partial charge in [0, 0.05) is 18.4 Å². The molecule has 2 aliphatic rings. The highest BCUT2D eigenvalue weighted by Gasteiger charge is 2.34. The normalized spacial score (nSPS) is 20.1. The number of para-hydroxylation sites is 2. The van der Waals surface area contributed by atoms with E-state index in [-0.39, 0.29) is 5.91 Å². The van der Waals surface area contributed by atoms with Crippen LogP contribution >= 0.6 is 11.8 Å². The highest BCUT2D eigenvalue weighted by molar-refractivity contribution is 8.19. The Morgan fingerprint density at radius 3 is 2.35 bits per heavy atom. The topological polar surface area (TPSA) is 37.6 Å². The summed E-state index contributed by atoms with van der Waals surface area (Å²) in [4.78, 5) is 20.5. The van der Waals surface area contributed by atoms with Gasteiger partial charge in [0.15, 0.2) is 5.17 Å². The van der Waals surface area contributed by atoms with Gasteiger partial charge in [-0.3, -0.25) is 9.69 Å². The zero-order valence-corrected chi connectivity index (χ0v) is 18.2. The lowest BCUT2D eigenvalue weighted by Crippen LogP contribution is -2.28. The molecule has 31 heavy (non-hydrogen) atoms. The zero-order valence-electron chi connectivity index (χ0n) is 17.4. The lowest BCUT2D eigenvalue weighted by molar-refractivity contribution is -0.113. The summed E-state index contributed by atoms with van der Waals surface area (Å²) in [5.74, 6) is -0.0312. The molecule has 4 nitrogen and oxygen atoms in total. The molecule has 1 saturated carbocycles. The first kappa shape index (κ1) is 19.9. The van der Waals surface area contributed by atoms with E-state index in [0.717, 1.165) is 16.9 Å². The average molecular weight is 428 g/mol. The number of benzene rings is 2. The van der Waals surface area contributed by atoms with Crippen molar-refractivity contribution in [2.75, 3.05) is 4.90 Å². The third-order valence-electron chi connectivity index (χ3n) is 5.83. The van der Waals surface area contributed by atoms with E-state index in [0.29, 0.717) is 16.1 Å². The Kier molecular flexibility index (Phi) is 5.76. The molecule has 1 amide bonds. The van der Waals surface area contributed by atoms with Crippen molar-refractivity contribution >= 4 is 40.3 Å². The van der Waals surface area contributed by atoms with E-state index in [9.17, 15) is 4.79 Å². The Labute approximate surface area is 187 Å². The highest BCUT2D eigenvalue weighted by atomic mass is 32.2. The quantitative estimate of drug-likeness (QED) is 0.429. The molecule has 0 bridgehead atoms. The summed E-state index contributed by atoms with van der Waals surface area (Å²) in [7, 11) is 0. The number of aromatic nitrogens is 1. The zero-order chi connectivity index (χ0) is 21.0. The third kappa shape index (κ3) is 4.37. The van der Waals surface area contributed by atoms with Crippen molar-refractivity contribution in [1.29, 1.82) is 0 Å². The number of rotatable bonds is 4. The first-order valence-electron chi connectivity index (χ1n) is 10.9. The fourth-order valence-electron chi connectivity index (χ4n) is 4.24. The summed E-state index contributed by atoms with van der Waals surface area (Å²) >= 11 is 1.43. The number of amides is 1. The number of anilines is 1. The molecule has 2 heterocycles. The molecule has 0 atom stereocenters. The Balaban J connectivity index is 1.46. The van der Waals surface area contributed by atoms with E-state index in [1.165, 1.54) is 43.9 Å². The van der Waals surface area contributed by atoms with Crippen LogP contribution in [-0.4, -0.2) is 15.6 Å². The SMILES string of the molecule is O=C1/C(=C\c2ccn(C3CCCCC3)c2)SC(=Nc2ccccc2)N1c1ccccc1. The number of aliphatic imine (C=N–C) groups is 1. The van der Waals surface area contributed by atoms with Crippen LogP contribution in [0.3, 0.4) is 0 Å². The number of hydrogen-bond donors (Lipinski definition) is 0. The van der Waals surface area contributed by atoms with Crippen LogP contribution in [0.5, 0.6) is 0 Å². The molecule has 0 N–H and O–H groups in total. The fourth-order valence-corrected chi connectivity index (χ4v) is 5.24. The molecule has 156 valence electrons. The van der Waals surface area contributed by atoms with E-state index in [1.807, 2.05) is 66.7 Å². The van der Waals surface area contributed by atoms with E-state index in [4.69, 9.17) is 4.99 Å². The highest BCUT2D eigenvalue weighted by Crippen LogP contribution is 2.37. The van der Waals surface area contributed by atoms with E-state index in [1.54, 1.807) is 4.90 Å². The predicted molar refractivity (Wildman–Crippen MR) is 130 cm³/mol. The largest absolute Gasteiger partial charge is 0.351 e. The van der Waals surface area contributed by atoms with Crippen molar-refractivity contribution in [3.63, 3.8) is 0 Å². The standard InChI is InChI=1S/C26H25N3OS/c30-25-24(18-20-16-17-28(19-20)22-12-6-2-7-13-22)31-26(27-21-10-4-1-5-11-21)29(25)23-14-8-3-9-15-23/h1,3-5,8-11,14-19,22H,2,6-7,12-13H2/b24-18+,27-26?. The Morgan fingerprint density at radius 1 is 0.903 bits per heavy atom. The van der Waals surface area contributed by atoms with Crippen molar-refractivity contribution in [1.82, 2.24) is 4.57 Å². The second-order valence-corrected chi connectivity index (χ2v) is 9.01. The van der Waals surface area contributed by atoms with Gasteiger partial charge in [-0.2, -0.15) is 0 Å².